The van der Waals surface area contributed by atoms with Gasteiger partial charge in [-0.1, -0.05) is 53.7 Å². The van der Waals surface area contributed by atoms with Gasteiger partial charge in [0.2, 0.25) is 10.9 Å². The smallest absolute Gasteiger partial charge is 0.293 e. The molecule has 0 aliphatic carbocycles. The number of aromatic amines is 2. The highest BCUT2D eigenvalue weighted by molar-refractivity contribution is 5.99. The number of fused-ring (bicyclic) bond motifs is 2. The van der Waals surface area contributed by atoms with Crippen molar-refractivity contribution in [3.8, 4) is 0 Å². The summed E-state index contributed by atoms with van der Waals surface area (Å²) in [4.78, 5) is 74.5. The summed E-state index contributed by atoms with van der Waals surface area (Å²) in [5, 5.41) is 27.4. The average molecular weight is 611 g/mol. The molecule has 0 aliphatic rings. The quantitative estimate of drug-likeness (QED) is 0.106. The van der Waals surface area contributed by atoms with Crippen LogP contribution in [0.15, 0.2) is 58.4 Å². The van der Waals surface area contributed by atoms with E-state index >= 15 is 0 Å². The Morgan fingerprint density at radius 2 is 1.07 bits per heavy atom. The van der Waals surface area contributed by atoms with Gasteiger partial charge in [-0.2, -0.15) is 0 Å². The largest absolute Gasteiger partial charge is 0.355 e. The van der Waals surface area contributed by atoms with E-state index < -0.39 is 32.5 Å². The van der Waals surface area contributed by atoms with Gasteiger partial charge < -0.3 is 20.6 Å². The molecule has 0 atom stereocenters. The van der Waals surface area contributed by atoms with E-state index in [0.717, 1.165) is 25.7 Å². The number of carbonyl (C=O) groups is 2. The number of benzene rings is 2. The number of rotatable bonds is 10. The first kappa shape index (κ1) is 36.6. The third-order valence-electron chi connectivity index (χ3n) is 6.30. The summed E-state index contributed by atoms with van der Waals surface area (Å²) in [6.45, 7) is 4.96. The molecular formula is C30H38N6O8. The van der Waals surface area contributed by atoms with Crippen molar-refractivity contribution in [1.82, 2.24) is 20.6 Å². The maximum absolute atomic E-state index is 12.3. The predicted octanol–water partition coefficient (Wildman–Crippen LogP) is 5.20. The lowest BCUT2D eigenvalue weighted by Gasteiger charge is -2.05. The minimum Gasteiger partial charge on any atom is -0.355 e. The zero-order chi connectivity index (χ0) is 30.8. The topological polar surface area (TPSA) is 210 Å². The van der Waals surface area contributed by atoms with Crippen LogP contribution in [0.2, 0.25) is 0 Å². The molecule has 14 heteroatoms. The fraction of sp³-hybridized carbons (Fsp3) is 0.333. The predicted molar refractivity (Wildman–Crippen MR) is 170 cm³/mol. The number of hydrogen-bond donors (Lipinski definition) is 4. The summed E-state index contributed by atoms with van der Waals surface area (Å²) in [6, 6.07) is 8.38. The number of non-ortho nitro benzene ring substituents is 2. The van der Waals surface area contributed by atoms with E-state index in [1.54, 1.807) is 0 Å². The maximum atomic E-state index is 12.3. The van der Waals surface area contributed by atoms with Crippen LogP contribution in [0.4, 0.5) is 11.4 Å². The summed E-state index contributed by atoms with van der Waals surface area (Å²) in [5.41, 5.74) is -1.25. The van der Waals surface area contributed by atoms with Crippen LogP contribution in [0.25, 0.3) is 21.8 Å². The molecular weight excluding hydrogens is 572 g/mol. The van der Waals surface area contributed by atoms with Gasteiger partial charge in [-0.25, -0.2) is 0 Å². The number of nitrogens with zero attached hydrogens (tertiary/aromatic N) is 2. The van der Waals surface area contributed by atoms with Gasteiger partial charge in [-0.15, -0.1) is 0 Å². The van der Waals surface area contributed by atoms with Crippen molar-refractivity contribution in [3.63, 3.8) is 0 Å². The molecule has 0 spiro atoms. The normalized spacial score (nSPS) is 10.0. The second-order valence-electron chi connectivity index (χ2n) is 9.20. The lowest BCUT2D eigenvalue weighted by molar-refractivity contribution is -0.383. The van der Waals surface area contributed by atoms with Crippen LogP contribution in [0, 0.1) is 20.2 Å². The van der Waals surface area contributed by atoms with Crippen LogP contribution in [-0.2, 0) is 0 Å². The zero-order valence-electron chi connectivity index (χ0n) is 23.0. The van der Waals surface area contributed by atoms with Crippen molar-refractivity contribution in [2.75, 3.05) is 13.1 Å². The molecule has 0 bridgehead atoms. The Bertz CT molecular complexity index is 1630. The van der Waals surface area contributed by atoms with Crippen LogP contribution in [0.1, 0.15) is 75.1 Å². The van der Waals surface area contributed by atoms with Crippen molar-refractivity contribution in [3.05, 3.63) is 101 Å². The first-order chi connectivity index (χ1) is 20.1. The summed E-state index contributed by atoms with van der Waals surface area (Å²) in [7, 11) is 0. The minimum atomic E-state index is -0.570. The molecule has 2 aromatic heterocycles. The summed E-state index contributed by atoms with van der Waals surface area (Å²) in [6.07, 6.45) is 5.95. The van der Waals surface area contributed by atoms with Gasteiger partial charge >= 0.3 is 0 Å². The molecule has 2 aromatic carbocycles. The van der Waals surface area contributed by atoms with Crippen molar-refractivity contribution in [2.24, 2.45) is 0 Å². The van der Waals surface area contributed by atoms with Gasteiger partial charge in [0.15, 0.2) is 0 Å². The summed E-state index contributed by atoms with van der Waals surface area (Å²) < 4.78 is 0. The SMILES string of the molecule is C.C.CCCCNC(=O)c1c[nH]c2c([N+](=O)[O-])cccc2c1=O.CCCCNC(=O)c1c[nH]c2c([N+](=O)[O-])cccc2c1=O. The molecule has 0 aliphatic heterocycles. The summed E-state index contributed by atoms with van der Waals surface area (Å²) in [5.74, 6) is -0.948. The minimum absolute atomic E-state index is 0. The molecule has 0 saturated heterocycles. The number of hydrogen-bond acceptors (Lipinski definition) is 8. The molecule has 4 aromatic rings. The Hall–Kier alpha value is -5.40. The van der Waals surface area contributed by atoms with E-state index in [9.17, 15) is 39.4 Å². The van der Waals surface area contributed by atoms with Gasteiger partial charge in [-0.3, -0.25) is 39.4 Å². The van der Waals surface area contributed by atoms with Crippen molar-refractivity contribution in [1.29, 1.82) is 0 Å². The molecule has 44 heavy (non-hydrogen) atoms. The number of nitro benzene ring substituents is 2. The molecule has 0 fully saturated rings. The number of aromatic nitrogens is 2. The lowest BCUT2D eigenvalue weighted by atomic mass is 10.1. The Kier molecular flexibility index (Phi) is 14.1. The maximum Gasteiger partial charge on any atom is 0.293 e. The number of carbonyl (C=O) groups excluding carboxylic acids is 2. The van der Waals surface area contributed by atoms with Crippen molar-refractivity contribution >= 4 is 45.0 Å². The van der Waals surface area contributed by atoms with Gasteiger partial charge in [0.05, 0.1) is 20.6 Å². The van der Waals surface area contributed by atoms with Crippen LogP contribution in [0.5, 0.6) is 0 Å². The highest BCUT2D eigenvalue weighted by Crippen LogP contribution is 2.22. The summed E-state index contributed by atoms with van der Waals surface area (Å²) >= 11 is 0. The number of H-pyrrole nitrogens is 2. The first-order valence-corrected chi connectivity index (χ1v) is 13.3. The molecule has 4 rings (SSSR count). The van der Waals surface area contributed by atoms with E-state index in [-0.39, 0.29) is 59.2 Å². The zero-order valence-corrected chi connectivity index (χ0v) is 23.0. The molecule has 2 heterocycles. The third kappa shape index (κ3) is 8.33. The van der Waals surface area contributed by atoms with Crippen molar-refractivity contribution in [2.45, 2.75) is 54.4 Å². The average Bonchev–Trinajstić information content (AvgIpc) is 2.97. The van der Waals surface area contributed by atoms with E-state index in [1.807, 2.05) is 13.8 Å². The molecule has 4 N–H and O–H groups in total. The molecule has 0 saturated carbocycles. The van der Waals surface area contributed by atoms with E-state index in [2.05, 4.69) is 20.6 Å². The number of unbranched alkanes of at least 4 members (excludes halogenated alkanes) is 2. The van der Waals surface area contributed by atoms with Gasteiger partial charge in [0, 0.05) is 37.6 Å². The van der Waals surface area contributed by atoms with Gasteiger partial charge in [0.25, 0.3) is 23.2 Å². The van der Waals surface area contributed by atoms with E-state index in [4.69, 9.17) is 0 Å². The van der Waals surface area contributed by atoms with Crippen molar-refractivity contribution < 1.29 is 19.4 Å². The number of amides is 2. The fourth-order valence-corrected chi connectivity index (χ4v) is 4.06. The lowest BCUT2D eigenvalue weighted by Crippen LogP contribution is -2.29. The van der Waals surface area contributed by atoms with Crippen LogP contribution in [-0.4, -0.2) is 44.7 Å². The number of pyridine rings is 2. The van der Waals surface area contributed by atoms with Gasteiger partial charge in [-0.05, 0) is 25.0 Å². The number of nitrogens with one attached hydrogen (secondary N) is 4. The molecule has 0 radical (unpaired) electrons. The number of para-hydroxylation sites is 2. The number of nitro groups is 2. The Morgan fingerprint density at radius 1 is 0.705 bits per heavy atom. The Balaban J connectivity index is 0.000000421. The monoisotopic (exact) mass is 610 g/mol. The van der Waals surface area contributed by atoms with Crippen LogP contribution < -0.4 is 21.5 Å². The fourth-order valence-electron chi connectivity index (χ4n) is 4.06. The van der Waals surface area contributed by atoms with E-state index in [1.165, 1.54) is 48.8 Å². The Morgan fingerprint density at radius 3 is 1.39 bits per heavy atom. The molecule has 14 nitrogen and oxygen atoms in total. The first-order valence-electron chi connectivity index (χ1n) is 13.3. The molecule has 2 amide bonds. The molecule has 0 unspecified atom stereocenters. The van der Waals surface area contributed by atoms with Gasteiger partial charge in [0.1, 0.15) is 22.2 Å². The Labute approximate surface area is 253 Å². The third-order valence-corrected chi connectivity index (χ3v) is 6.30. The van der Waals surface area contributed by atoms with Crippen LogP contribution in [0.3, 0.4) is 0 Å². The standard InChI is InChI=1S/2C14H15N3O4.2CH4/c2*1-2-3-7-15-14(19)10-8-16-12-9(13(10)18)5-4-6-11(12)17(20)21;;/h2*4-6,8H,2-3,7H2,1H3,(H,15,19)(H,16,18);2*1H4. The van der Waals surface area contributed by atoms with Crippen LogP contribution >= 0.6 is 0 Å². The highest BCUT2D eigenvalue weighted by atomic mass is 16.6. The molecule has 236 valence electrons. The highest BCUT2D eigenvalue weighted by Gasteiger charge is 2.19. The van der Waals surface area contributed by atoms with E-state index in [0.29, 0.717) is 13.1 Å². The second kappa shape index (κ2) is 16.9. The second-order valence-corrected chi connectivity index (χ2v) is 9.20.